The number of benzene rings is 1. The van der Waals surface area contributed by atoms with Crippen molar-refractivity contribution in [3.8, 4) is 0 Å². The Kier molecular flexibility index (Phi) is 41.9. The maximum absolute atomic E-state index is 14.4. The smallest absolute Gasteiger partial charge is 0.327 e. The van der Waals surface area contributed by atoms with Crippen LogP contribution in [-0.4, -0.2) is 271 Å². The average molecular weight is 1620 g/mol. The summed E-state index contributed by atoms with van der Waals surface area (Å²) in [6, 6.07) is -15.8. The number of carboxylic acids is 2. The van der Waals surface area contributed by atoms with Gasteiger partial charge in [0.1, 0.15) is 72.5 Å². The highest BCUT2D eigenvalue weighted by molar-refractivity contribution is 7.80. The summed E-state index contributed by atoms with van der Waals surface area (Å²) in [5.74, 6) is -22.5. The zero-order valence-electron chi connectivity index (χ0n) is 62.3. The number of nitrogens with zero attached hydrogens (tertiary/aromatic N) is 2. The Balaban J connectivity index is 2.55. The van der Waals surface area contributed by atoms with E-state index < -0.39 is 254 Å². The van der Waals surface area contributed by atoms with Gasteiger partial charge in [-0.15, -0.1) is 0 Å². The first-order chi connectivity index (χ1) is 52.5. The third kappa shape index (κ3) is 34.0. The quantitative estimate of drug-likeness (QED) is 0.0127. The number of guanidine groups is 2. The first-order valence-corrected chi connectivity index (χ1v) is 36.3. The van der Waals surface area contributed by atoms with E-state index in [0.29, 0.717) is 16.5 Å². The molecule has 112 heavy (non-hydrogen) atoms. The second-order valence-corrected chi connectivity index (χ2v) is 26.8. The van der Waals surface area contributed by atoms with Gasteiger partial charge >= 0.3 is 11.9 Å². The average Bonchev–Trinajstić information content (AvgIpc) is 1.63. The van der Waals surface area contributed by atoms with E-state index in [-0.39, 0.29) is 56.2 Å². The summed E-state index contributed by atoms with van der Waals surface area (Å²) < 4.78 is 0. The minimum absolute atomic E-state index is 0.0765. The molecule has 47 heteroatoms. The molecule has 0 aliphatic carbocycles. The minimum atomic E-state index is -2.20. The van der Waals surface area contributed by atoms with Crippen molar-refractivity contribution in [2.24, 2.45) is 56.0 Å². The maximum atomic E-state index is 14.4. The van der Waals surface area contributed by atoms with E-state index in [2.05, 4.69) is 109 Å². The van der Waals surface area contributed by atoms with Crippen molar-refractivity contribution in [2.45, 2.75) is 203 Å². The Bertz CT molecular complexity index is 3710. The molecule has 45 nitrogen and oxygen atoms in total. The number of nitrogens with one attached hydrogen (secondary N) is 14. The highest BCUT2D eigenvalue weighted by Crippen LogP contribution is 2.20. The number of aliphatic hydroxyl groups is 3. The number of amides is 15. The number of carboxylic acid groups (broad SMARTS) is 2. The lowest BCUT2D eigenvalue weighted by Crippen LogP contribution is -2.62. The molecule has 2 rings (SSSR count). The fourth-order valence-electron chi connectivity index (χ4n) is 10.4. The van der Waals surface area contributed by atoms with Gasteiger partial charge in [0.15, 0.2) is 11.9 Å². The number of aliphatic carboxylic acids is 2. The summed E-state index contributed by atoms with van der Waals surface area (Å²) in [6.45, 7) is 6.22. The van der Waals surface area contributed by atoms with Crippen LogP contribution in [0, 0.1) is 5.92 Å². The Morgan fingerprint density at radius 1 is 0.464 bits per heavy atom. The van der Waals surface area contributed by atoms with Gasteiger partial charge in [0, 0.05) is 54.5 Å². The van der Waals surface area contributed by atoms with E-state index in [0.717, 1.165) is 20.8 Å². The topological polar surface area (TPSA) is 770 Å². The second kappa shape index (κ2) is 48.5. The van der Waals surface area contributed by atoms with Gasteiger partial charge in [0.2, 0.25) is 88.6 Å². The summed E-state index contributed by atoms with van der Waals surface area (Å²) in [7, 11) is 0. The van der Waals surface area contributed by atoms with Crippen LogP contribution in [0.2, 0.25) is 0 Å². The molecule has 33 N–H and O–H groups in total. The number of fused-ring (bicyclic) bond motifs is 1. The summed E-state index contributed by atoms with van der Waals surface area (Å²) in [5.41, 5.74) is 39.3. The Morgan fingerprint density at radius 3 is 1.35 bits per heavy atom. The van der Waals surface area contributed by atoms with Gasteiger partial charge in [-0.1, -0.05) is 38.5 Å². The summed E-state index contributed by atoms with van der Waals surface area (Å²) in [4.78, 5) is 239. The van der Waals surface area contributed by atoms with Gasteiger partial charge in [-0.3, -0.25) is 86.7 Å². The van der Waals surface area contributed by atoms with Gasteiger partial charge in [0.05, 0.1) is 43.7 Å². The second-order valence-electron chi connectivity index (χ2n) is 26.0. The summed E-state index contributed by atoms with van der Waals surface area (Å²) >= 11 is 7.86. The number of H-pyrrole nitrogens is 1. The number of carbonyl (C=O) groups is 17. The Labute approximate surface area is 652 Å². The molecule has 1 aromatic heterocycles. The zero-order valence-corrected chi connectivity index (χ0v) is 64.1. The first-order valence-electron chi connectivity index (χ1n) is 35.1. The van der Waals surface area contributed by atoms with Crippen LogP contribution in [0.15, 0.2) is 40.4 Å². The number of hydrogen-bond acceptors (Lipinski definition) is 25. The normalized spacial score (nSPS) is 15.6. The Morgan fingerprint density at radius 2 is 0.884 bits per heavy atom. The maximum Gasteiger partial charge on any atom is 0.327 e. The fourth-order valence-corrected chi connectivity index (χ4v) is 10.8. The van der Waals surface area contributed by atoms with Gasteiger partial charge in [-0.25, -0.2) is 4.79 Å². The molecule has 0 unspecified atom stereocenters. The molecule has 15 amide bonds. The molecule has 0 aliphatic heterocycles. The molecule has 0 fully saturated rings. The number of rotatable bonds is 51. The number of para-hydroxylation sites is 1. The molecule has 0 bridgehead atoms. The van der Waals surface area contributed by atoms with Gasteiger partial charge in [-0.2, -0.15) is 25.3 Å². The molecule has 2 aromatic rings. The minimum Gasteiger partial charge on any atom is -0.481 e. The van der Waals surface area contributed by atoms with E-state index in [1.807, 2.05) is 0 Å². The standard InChI is InChI=1S/C65H105N23O22S2/c1-7-27(2)47(59(105)80-38(16-17-43(67)92)56(102)84-42(26-112)63(109)110)86-62(108)48(29(4)89)85-45(94)24-76-53(99)39(20-32-23-75-35-13-9-8-12-33(32)35)83-61(107)50(31(6)91)88-58(104)41(22-46(95)96)82-54(100)36(14-10-18-73-64(69)70)78-57(103)40(21-44(68)93)81-55(101)37(15-11-19-74-65(71)72)79-60(106)49(30(5)90)87-51(97)28(3)77-52(98)34(66)25-111/h8-9,12-13,23,27-31,34,36-42,47-50,75,89-91,111-112H,7,10-11,14-22,24-26,66H2,1-6H3,(H2,67,92)(H2,68,93)(H,76,99)(H,77,98)(H,78,103)(H,79,106)(H,80,105)(H,81,101)(H,82,100)(H,83,107)(H,84,102)(H,85,94)(H,86,108)(H,87,97)(H,88,104)(H,95,96)(H,109,110)(H4,69,70,73)(H4,71,72,74)/t27-,28-,29+,30+,31+,34-,36-,37-,38-,39-,40-,41-,42-,47-,48-,49-,50-/m0/s1. The first kappa shape index (κ1) is 96.9. The molecule has 624 valence electrons. The largest absolute Gasteiger partial charge is 0.481 e. The van der Waals surface area contributed by atoms with Crippen LogP contribution < -0.4 is 109 Å². The predicted octanol–water partition coefficient (Wildman–Crippen LogP) is -11.2. The molecule has 17 atom stereocenters. The number of thiol groups is 2. The van der Waals surface area contributed by atoms with Crippen molar-refractivity contribution in [2.75, 3.05) is 31.1 Å². The van der Waals surface area contributed by atoms with E-state index >= 15 is 0 Å². The van der Waals surface area contributed by atoms with Crippen LogP contribution in [0.1, 0.15) is 105 Å². The lowest BCUT2D eigenvalue weighted by Gasteiger charge is -2.29. The fraction of sp³-hybridized carbons (Fsp3) is 0.585. The predicted molar refractivity (Wildman–Crippen MR) is 406 cm³/mol. The summed E-state index contributed by atoms with van der Waals surface area (Å²) in [5, 5.41) is 82.3. The van der Waals surface area contributed by atoms with E-state index in [4.69, 9.17) is 40.1 Å². The van der Waals surface area contributed by atoms with Gasteiger partial charge in [0.25, 0.3) is 0 Å². The molecule has 0 aliphatic rings. The number of carbonyl (C=O) groups excluding carboxylic acids is 15. The molecule has 0 radical (unpaired) electrons. The van der Waals surface area contributed by atoms with Crippen molar-refractivity contribution in [1.82, 2.24) is 74.1 Å². The van der Waals surface area contributed by atoms with Crippen molar-refractivity contribution in [1.29, 1.82) is 0 Å². The number of nitrogens with two attached hydrogens (primary N) is 7. The number of aromatic amines is 1. The molecular weight excluding hydrogens is 1520 g/mol. The number of aromatic nitrogens is 1. The van der Waals surface area contributed by atoms with Crippen LogP contribution in [0.5, 0.6) is 0 Å². The number of hydrogen-bond donors (Lipinski definition) is 28. The number of aliphatic imine (C=N–C) groups is 2. The van der Waals surface area contributed by atoms with Crippen molar-refractivity contribution in [3.05, 3.63) is 36.0 Å². The molecule has 0 spiro atoms. The SMILES string of the molecule is CC[C@H](C)[C@H](NC(=O)[C@@H](NC(=O)CNC(=O)[C@H](Cc1c[nH]c2ccccc12)NC(=O)[C@@H](NC(=O)[C@H](CC(=O)O)NC(=O)[C@H](CCCN=C(N)N)NC(=O)[C@H](CC(N)=O)NC(=O)[C@H](CCCN=C(N)N)NC(=O)[C@@H](NC(=O)[C@H](C)NC(=O)[C@@H](N)CS)[C@@H](C)O)[C@@H](C)O)[C@@H](C)O)C(=O)N[C@@H](CCC(N)=O)C(=O)N[C@@H](CS)C(=O)O. The summed E-state index contributed by atoms with van der Waals surface area (Å²) in [6.07, 6.45) is -8.23. The van der Waals surface area contributed by atoms with Crippen LogP contribution in [0.25, 0.3) is 10.9 Å². The van der Waals surface area contributed by atoms with E-state index in [1.54, 1.807) is 31.2 Å². The zero-order chi connectivity index (χ0) is 85.0. The van der Waals surface area contributed by atoms with Gasteiger partial charge in [-0.05, 0) is 77.3 Å². The van der Waals surface area contributed by atoms with Crippen molar-refractivity contribution >= 4 is 149 Å². The number of primary amides is 2. The van der Waals surface area contributed by atoms with Gasteiger partial charge < -0.3 is 140 Å². The van der Waals surface area contributed by atoms with Crippen molar-refractivity contribution in [3.63, 3.8) is 0 Å². The van der Waals surface area contributed by atoms with Crippen LogP contribution in [0.4, 0.5) is 0 Å². The highest BCUT2D eigenvalue weighted by atomic mass is 32.1. The highest BCUT2D eigenvalue weighted by Gasteiger charge is 2.40. The molecular formula is C65H105N23O22S2. The third-order valence-electron chi connectivity index (χ3n) is 16.8. The third-order valence-corrected chi connectivity index (χ3v) is 17.5. The van der Waals surface area contributed by atoms with E-state index in [1.165, 1.54) is 20.0 Å². The molecule has 0 saturated heterocycles. The lowest BCUT2D eigenvalue weighted by atomic mass is 9.96. The molecule has 1 aromatic carbocycles. The lowest BCUT2D eigenvalue weighted by molar-refractivity contribution is -0.142. The van der Waals surface area contributed by atoms with Crippen LogP contribution in [0.3, 0.4) is 0 Å². The number of aliphatic hydroxyl groups excluding tert-OH is 3. The van der Waals surface area contributed by atoms with Crippen molar-refractivity contribution < 1.29 is 107 Å². The Hall–Kier alpha value is -11.2. The van der Waals surface area contributed by atoms with Crippen LogP contribution >= 0.6 is 25.3 Å². The van der Waals surface area contributed by atoms with Crippen LogP contribution in [-0.2, 0) is 87.9 Å². The molecule has 0 saturated carbocycles. The monoisotopic (exact) mass is 1620 g/mol. The molecule has 1 heterocycles. The van der Waals surface area contributed by atoms with E-state index in [9.17, 15) is 107 Å².